The Hall–Kier alpha value is -4.41. The quantitative estimate of drug-likeness (QED) is 0.376. The molecule has 2 atom stereocenters. The van der Waals surface area contributed by atoms with E-state index in [1.807, 2.05) is 30.3 Å². The van der Waals surface area contributed by atoms with Crippen molar-refractivity contribution in [1.29, 1.82) is 0 Å². The van der Waals surface area contributed by atoms with E-state index in [9.17, 15) is 14.0 Å². The fourth-order valence-electron chi connectivity index (χ4n) is 5.15. The van der Waals surface area contributed by atoms with Gasteiger partial charge in [0.2, 0.25) is 0 Å². The minimum atomic E-state index is -0.624. The van der Waals surface area contributed by atoms with Gasteiger partial charge in [-0.15, -0.1) is 0 Å². The van der Waals surface area contributed by atoms with Gasteiger partial charge in [-0.1, -0.05) is 41.9 Å². The summed E-state index contributed by atoms with van der Waals surface area (Å²) in [5.74, 6) is -0.301. The largest absolute Gasteiger partial charge is 0.487 e. The van der Waals surface area contributed by atoms with Crippen molar-refractivity contribution < 1.29 is 23.5 Å². The Kier molecular flexibility index (Phi) is 8.07. The summed E-state index contributed by atoms with van der Waals surface area (Å²) in [6.07, 6.45) is 2.96. The number of benzene rings is 3. The van der Waals surface area contributed by atoms with Crippen LogP contribution in [0.2, 0.25) is 5.02 Å². The lowest BCUT2D eigenvalue weighted by Gasteiger charge is -2.22. The first kappa shape index (κ1) is 27.7. The van der Waals surface area contributed by atoms with Crippen LogP contribution in [-0.4, -0.2) is 64.9 Å². The normalized spacial score (nSPS) is 19.3. The van der Waals surface area contributed by atoms with E-state index in [1.165, 1.54) is 12.1 Å². The number of carbonyl (C=O) groups is 2. The summed E-state index contributed by atoms with van der Waals surface area (Å²) in [5.41, 5.74) is 2.20. The fraction of sp³-hybridized carbons (Fsp3) is 0.258. The van der Waals surface area contributed by atoms with Gasteiger partial charge in [0, 0.05) is 32.4 Å². The molecule has 1 fully saturated rings. The van der Waals surface area contributed by atoms with Crippen LogP contribution >= 0.6 is 11.6 Å². The molecule has 0 unspecified atom stereocenters. The standard InChI is InChI=1S/C31H29ClFN5O4/c32-23-15-35-38(16-23)11-10-37-17-28-29(18-37)42-24-7-4-20(5-8-24)14-34-30(39)19-41-25-3-1-2-21(12-25)22-6-9-27(33)26(13-22)31(40)36-28/h1-9,12-13,15-16,28-29H,10-11,14,17-19H2,(H,34,39)(H,36,40)/t28-,29-/m0/s1. The van der Waals surface area contributed by atoms with Crippen LogP contribution in [0.25, 0.3) is 11.1 Å². The van der Waals surface area contributed by atoms with Crippen molar-refractivity contribution in [2.24, 2.45) is 0 Å². The van der Waals surface area contributed by atoms with E-state index in [0.717, 1.165) is 11.1 Å². The number of nitrogens with one attached hydrogen (secondary N) is 2. The molecule has 216 valence electrons. The molecular formula is C31H29ClFN5O4. The maximum Gasteiger partial charge on any atom is 0.258 e. The summed E-state index contributed by atoms with van der Waals surface area (Å²) in [6, 6.07) is 18.5. The second kappa shape index (κ2) is 12.2. The molecule has 11 heteroatoms. The highest BCUT2D eigenvalue weighted by Crippen LogP contribution is 2.27. The summed E-state index contributed by atoms with van der Waals surface area (Å²) >= 11 is 6.01. The highest BCUT2D eigenvalue weighted by atomic mass is 35.5. The molecule has 6 bridgehead atoms. The van der Waals surface area contributed by atoms with Crippen LogP contribution in [0.3, 0.4) is 0 Å². The number of aromatic nitrogens is 2. The van der Waals surface area contributed by atoms with Crippen LogP contribution in [0.5, 0.6) is 11.5 Å². The highest BCUT2D eigenvalue weighted by Gasteiger charge is 2.36. The zero-order chi connectivity index (χ0) is 29.1. The van der Waals surface area contributed by atoms with Crippen molar-refractivity contribution in [3.05, 3.63) is 101 Å². The van der Waals surface area contributed by atoms with Crippen molar-refractivity contribution in [2.45, 2.75) is 25.2 Å². The van der Waals surface area contributed by atoms with Gasteiger partial charge < -0.3 is 20.1 Å². The molecule has 1 saturated heterocycles. The van der Waals surface area contributed by atoms with Crippen molar-refractivity contribution in [3.8, 4) is 22.6 Å². The molecule has 42 heavy (non-hydrogen) atoms. The number of carbonyl (C=O) groups excluding carboxylic acids is 2. The third-order valence-electron chi connectivity index (χ3n) is 7.35. The number of halogens is 2. The molecule has 0 spiro atoms. The number of hydrogen-bond acceptors (Lipinski definition) is 6. The molecular weight excluding hydrogens is 561 g/mol. The predicted molar refractivity (Wildman–Crippen MR) is 155 cm³/mol. The topological polar surface area (TPSA) is 97.7 Å². The van der Waals surface area contributed by atoms with E-state index < -0.39 is 17.8 Å². The zero-order valence-electron chi connectivity index (χ0n) is 22.6. The number of hydrogen-bond donors (Lipinski definition) is 2. The van der Waals surface area contributed by atoms with E-state index in [-0.39, 0.29) is 24.2 Å². The second-order valence-electron chi connectivity index (χ2n) is 10.3. The van der Waals surface area contributed by atoms with Crippen molar-refractivity contribution in [3.63, 3.8) is 0 Å². The van der Waals surface area contributed by atoms with E-state index in [0.29, 0.717) is 54.8 Å². The van der Waals surface area contributed by atoms with Gasteiger partial charge in [0.25, 0.3) is 11.8 Å². The summed E-state index contributed by atoms with van der Waals surface area (Å²) < 4.78 is 28.8. The molecule has 0 radical (unpaired) electrons. The fourth-order valence-corrected chi connectivity index (χ4v) is 5.31. The van der Waals surface area contributed by atoms with Crippen LogP contribution in [0.1, 0.15) is 15.9 Å². The Labute approximate surface area is 247 Å². The van der Waals surface area contributed by atoms with E-state index >= 15 is 0 Å². The number of likely N-dealkylation sites (tertiary alicyclic amines) is 1. The van der Waals surface area contributed by atoms with Gasteiger partial charge in [-0.2, -0.15) is 5.10 Å². The van der Waals surface area contributed by atoms with Gasteiger partial charge in [-0.25, -0.2) is 4.39 Å². The molecule has 0 saturated carbocycles. The maximum atomic E-state index is 15.0. The first-order chi connectivity index (χ1) is 20.4. The zero-order valence-corrected chi connectivity index (χ0v) is 23.4. The average Bonchev–Trinajstić information content (AvgIpc) is 3.59. The van der Waals surface area contributed by atoms with Gasteiger partial charge in [0.15, 0.2) is 6.61 Å². The summed E-state index contributed by atoms with van der Waals surface area (Å²) in [4.78, 5) is 28.1. The minimum absolute atomic E-state index is 0.0691. The summed E-state index contributed by atoms with van der Waals surface area (Å²) in [6.45, 7) is 2.51. The van der Waals surface area contributed by atoms with Crippen LogP contribution in [0.15, 0.2) is 79.1 Å². The number of ether oxygens (including phenoxy) is 2. The smallest absolute Gasteiger partial charge is 0.258 e. The summed E-state index contributed by atoms with van der Waals surface area (Å²) in [7, 11) is 0. The number of fused-ring (bicyclic) bond motifs is 7. The van der Waals surface area contributed by atoms with Crippen LogP contribution in [0, 0.1) is 5.82 Å². The molecule has 3 aromatic carbocycles. The van der Waals surface area contributed by atoms with Crippen LogP contribution in [-0.2, 0) is 17.9 Å². The molecule has 1 aromatic heterocycles. The molecule has 3 aliphatic heterocycles. The minimum Gasteiger partial charge on any atom is -0.487 e. The molecule has 2 N–H and O–H groups in total. The number of nitrogens with zero attached hydrogens (tertiary/aromatic N) is 3. The Morgan fingerprint density at radius 1 is 0.976 bits per heavy atom. The monoisotopic (exact) mass is 589 g/mol. The van der Waals surface area contributed by atoms with Crippen molar-refractivity contribution >= 4 is 23.4 Å². The first-order valence-corrected chi connectivity index (χ1v) is 14.0. The molecule has 2 amide bonds. The van der Waals surface area contributed by atoms with E-state index in [1.54, 1.807) is 41.3 Å². The maximum absolute atomic E-state index is 15.0. The Morgan fingerprint density at radius 3 is 2.62 bits per heavy atom. The molecule has 9 nitrogen and oxygen atoms in total. The third-order valence-corrected chi connectivity index (χ3v) is 7.55. The van der Waals surface area contributed by atoms with Crippen LogP contribution in [0.4, 0.5) is 4.39 Å². The molecule has 4 heterocycles. The average molecular weight is 590 g/mol. The first-order valence-electron chi connectivity index (χ1n) is 13.7. The highest BCUT2D eigenvalue weighted by molar-refractivity contribution is 6.30. The van der Waals surface area contributed by atoms with E-state index in [4.69, 9.17) is 21.1 Å². The predicted octanol–water partition coefficient (Wildman–Crippen LogP) is 3.91. The molecule has 3 aliphatic rings. The Morgan fingerprint density at radius 2 is 1.81 bits per heavy atom. The van der Waals surface area contributed by atoms with Gasteiger partial charge in [0.1, 0.15) is 23.4 Å². The lowest BCUT2D eigenvalue weighted by Crippen LogP contribution is -2.45. The molecule has 4 aromatic rings. The van der Waals surface area contributed by atoms with Crippen molar-refractivity contribution in [2.75, 3.05) is 26.2 Å². The number of rotatable bonds is 3. The number of amides is 2. The van der Waals surface area contributed by atoms with Crippen LogP contribution < -0.4 is 20.1 Å². The van der Waals surface area contributed by atoms with E-state index in [2.05, 4.69) is 20.6 Å². The van der Waals surface area contributed by atoms with Gasteiger partial charge in [-0.05, 0) is 53.1 Å². The third kappa shape index (κ3) is 6.56. The molecule has 7 rings (SSSR count). The Balaban J connectivity index is 1.28. The van der Waals surface area contributed by atoms with Gasteiger partial charge >= 0.3 is 0 Å². The second-order valence-corrected chi connectivity index (χ2v) is 10.8. The molecule has 0 aliphatic carbocycles. The lowest BCUT2D eigenvalue weighted by molar-refractivity contribution is -0.123. The Bertz CT molecular complexity index is 1590. The SMILES string of the molecule is O=C1COc2cccc(c2)-c2ccc(F)c(c2)C(=O)N[C@H]2CN(CCn3cc(Cl)cn3)C[C@@H]2Oc2ccc(cc2)CN1. The van der Waals surface area contributed by atoms with Gasteiger partial charge in [-0.3, -0.25) is 19.2 Å². The van der Waals surface area contributed by atoms with Gasteiger partial charge in [0.05, 0.1) is 29.4 Å². The van der Waals surface area contributed by atoms with Crippen molar-refractivity contribution in [1.82, 2.24) is 25.3 Å². The lowest BCUT2D eigenvalue weighted by atomic mass is 10.0. The summed E-state index contributed by atoms with van der Waals surface area (Å²) in [5, 5.41) is 10.7.